The van der Waals surface area contributed by atoms with E-state index in [-0.39, 0.29) is 0 Å². The van der Waals surface area contributed by atoms with Crippen molar-refractivity contribution in [1.29, 1.82) is 0 Å². The van der Waals surface area contributed by atoms with E-state index < -0.39 is 8.07 Å². The van der Waals surface area contributed by atoms with Crippen LogP contribution >= 0.6 is 11.3 Å². The maximum atomic E-state index is 5.96. The minimum absolute atomic E-state index is 0.564. The number of rotatable bonds is 8. The standard InChI is InChI=1S/C62H40N6SSi/c1-6-20-41(21-7-1)60-64-61(42-22-8-2-9-23-42)66-62(65-60)68-51-32-18-16-30-47(51)50-40-43(34-36-52(50)68)67-53-37-39-56(63-58(53)49-35-38-55-57(59(49)67)48-31-17-19-33-54(48)69-55)70(44-24-10-3-11-25-44,45-26-12-4-13-27-45)46-28-14-5-15-29-46/h1-40H. The fraction of sp³-hybridized carbons (Fsp3) is 0. The van der Waals surface area contributed by atoms with Gasteiger partial charge in [0, 0.05) is 58.5 Å². The first-order valence-electron chi connectivity index (χ1n) is 23.6. The van der Waals surface area contributed by atoms with Crippen LogP contribution in [0.3, 0.4) is 0 Å². The van der Waals surface area contributed by atoms with Gasteiger partial charge in [0.05, 0.1) is 27.6 Å². The molecule has 0 saturated heterocycles. The Balaban J connectivity index is 1.05. The largest absolute Gasteiger partial charge is 0.307 e. The van der Waals surface area contributed by atoms with Gasteiger partial charge in [-0.15, -0.1) is 11.3 Å². The lowest BCUT2D eigenvalue weighted by Gasteiger charge is -2.33. The summed E-state index contributed by atoms with van der Waals surface area (Å²) in [5.74, 6) is 1.81. The summed E-state index contributed by atoms with van der Waals surface area (Å²) in [6, 6.07) is 87.0. The molecule has 0 bridgehead atoms. The summed E-state index contributed by atoms with van der Waals surface area (Å²) in [4.78, 5) is 21.4. The molecule has 0 radical (unpaired) electrons. The van der Waals surface area contributed by atoms with Gasteiger partial charge in [-0.1, -0.05) is 188 Å². The van der Waals surface area contributed by atoms with Crippen LogP contribution in [0.2, 0.25) is 0 Å². The molecule has 0 atom stereocenters. The number of thiophene rings is 1. The lowest BCUT2D eigenvalue weighted by molar-refractivity contribution is 0.953. The predicted molar refractivity (Wildman–Crippen MR) is 294 cm³/mol. The summed E-state index contributed by atoms with van der Waals surface area (Å²) in [6.07, 6.45) is 0. The minimum atomic E-state index is -2.94. The Morgan fingerprint density at radius 3 is 1.51 bits per heavy atom. The second-order valence-corrected chi connectivity index (χ2v) is 22.6. The third kappa shape index (κ3) is 6.17. The Bertz CT molecular complexity index is 4130. The van der Waals surface area contributed by atoms with Crippen molar-refractivity contribution in [1.82, 2.24) is 29.1 Å². The van der Waals surface area contributed by atoms with E-state index in [4.69, 9.17) is 19.9 Å². The Labute approximate surface area is 408 Å². The average Bonchev–Trinajstić information content (AvgIpc) is 4.10. The second-order valence-electron chi connectivity index (χ2n) is 17.7. The maximum Gasteiger partial charge on any atom is 0.238 e. The van der Waals surface area contributed by atoms with Crippen molar-refractivity contribution in [3.8, 4) is 34.4 Å². The van der Waals surface area contributed by atoms with Crippen LogP contribution < -0.4 is 20.9 Å². The number of hydrogen-bond acceptors (Lipinski definition) is 5. The van der Waals surface area contributed by atoms with E-state index in [0.717, 1.165) is 65.9 Å². The lowest BCUT2D eigenvalue weighted by atomic mass is 10.1. The van der Waals surface area contributed by atoms with Gasteiger partial charge in [0.1, 0.15) is 0 Å². The fourth-order valence-corrected chi connectivity index (χ4v) is 16.6. The predicted octanol–water partition coefficient (Wildman–Crippen LogP) is 12.5. The first-order valence-corrected chi connectivity index (χ1v) is 26.4. The molecule has 70 heavy (non-hydrogen) atoms. The van der Waals surface area contributed by atoms with Crippen LogP contribution in [0, 0.1) is 0 Å². The third-order valence-electron chi connectivity index (χ3n) is 13.9. The van der Waals surface area contributed by atoms with E-state index in [1.54, 1.807) is 0 Å². The van der Waals surface area contributed by atoms with Gasteiger partial charge in [-0.3, -0.25) is 9.55 Å². The average molecular weight is 929 g/mol. The number of benzene rings is 9. The minimum Gasteiger partial charge on any atom is -0.307 e. The summed E-state index contributed by atoms with van der Waals surface area (Å²) in [6.45, 7) is 0. The van der Waals surface area contributed by atoms with Crippen LogP contribution in [0.4, 0.5) is 0 Å². The van der Waals surface area contributed by atoms with Gasteiger partial charge in [-0.05, 0) is 70.2 Å². The van der Waals surface area contributed by atoms with Crippen molar-refractivity contribution in [2.45, 2.75) is 0 Å². The molecule has 0 fully saturated rings. The monoisotopic (exact) mass is 928 g/mol. The molecule has 6 nitrogen and oxygen atoms in total. The van der Waals surface area contributed by atoms with E-state index in [9.17, 15) is 0 Å². The Morgan fingerprint density at radius 2 is 0.886 bits per heavy atom. The maximum absolute atomic E-state index is 5.96. The molecule has 0 aliphatic rings. The Hall–Kier alpha value is -8.82. The molecule has 0 amide bonds. The van der Waals surface area contributed by atoms with Crippen LogP contribution in [-0.2, 0) is 0 Å². The zero-order chi connectivity index (χ0) is 46.2. The highest BCUT2D eigenvalue weighted by Gasteiger charge is 2.43. The van der Waals surface area contributed by atoms with Crippen molar-refractivity contribution in [2.24, 2.45) is 0 Å². The van der Waals surface area contributed by atoms with Gasteiger partial charge in [-0.2, -0.15) is 9.97 Å². The van der Waals surface area contributed by atoms with Gasteiger partial charge >= 0.3 is 0 Å². The topological polar surface area (TPSA) is 61.4 Å². The summed E-state index contributed by atoms with van der Waals surface area (Å²) in [5.41, 5.74) is 8.13. The van der Waals surface area contributed by atoms with Crippen molar-refractivity contribution in [3.05, 3.63) is 243 Å². The van der Waals surface area contributed by atoms with Crippen LogP contribution in [-0.4, -0.2) is 37.1 Å². The number of nitrogens with zero attached hydrogens (tertiary/aromatic N) is 6. The van der Waals surface area contributed by atoms with E-state index in [2.05, 4.69) is 215 Å². The fourth-order valence-electron chi connectivity index (χ4n) is 10.9. The highest BCUT2D eigenvalue weighted by molar-refractivity contribution is 7.26. The third-order valence-corrected chi connectivity index (χ3v) is 19.7. The smallest absolute Gasteiger partial charge is 0.238 e. The van der Waals surface area contributed by atoms with Gasteiger partial charge in [0.15, 0.2) is 11.6 Å². The highest BCUT2D eigenvalue weighted by atomic mass is 32.1. The van der Waals surface area contributed by atoms with E-state index >= 15 is 0 Å². The van der Waals surface area contributed by atoms with Crippen LogP contribution in [0.25, 0.3) is 98.3 Å². The second kappa shape index (κ2) is 16.2. The van der Waals surface area contributed by atoms with Crippen LogP contribution in [0.1, 0.15) is 0 Å². The normalized spacial score (nSPS) is 12.0. The van der Waals surface area contributed by atoms with Crippen molar-refractivity contribution >= 4 is 104 Å². The summed E-state index contributed by atoms with van der Waals surface area (Å²) >= 11 is 1.84. The number of fused-ring (bicyclic) bond motifs is 10. The van der Waals surface area contributed by atoms with Crippen molar-refractivity contribution < 1.29 is 0 Å². The summed E-state index contributed by atoms with van der Waals surface area (Å²) in [5, 5.41) is 10.8. The Morgan fingerprint density at radius 1 is 0.357 bits per heavy atom. The number of pyridine rings is 1. The molecule has 14 aromatic rings. The number of aromatic nitrogens is 6. The molecule has 14 rings (SSSR count). The van der Waals surface area contributed by atoms with E-state index in [0.29, 0.717) is 17.6 Å². The molecule has 328 valence electrons. The highest BCUT2D eigenvalue weighted by Crippen LogP contribution is 2.43. The van der Waals surface area contributed by atoms with Crippen LogP contribution in [0.15, 0.2) is 243 Å². The zero-order valence-corrected chi connectivity index (χ0v) is 39.5. The van der Waals surface area contributed by atoms with Crippen molar-refractivity contribution in [3.63, 3.8) is 0 Å². The van der Waals surface area contributed by atoms with Gasteiger partial charge < -0.3 is 4.57 Å². The summed E-state index contributed by atoms with van der Waals surface area (Å²) < 4.78 is 7.17. The first-order chi connectivity index (χ1) is 34.7. The molecule has 0 unspecified atom stereocenters. The zero-order valence-electron chi connectivity index (χ0n) is 37.7. The SMILES string of the molecule is c1ccc(-c2nc(-c3ccccc3)nc(-n3c4ccccc4c4cc(-n5c6ccc([Si](c7ccccc7)(c7ccccc7)c7ccccc7)nc6c6ccc7sc8ccccc8c7c65)ccc43)n2)cc1. The molecular formula is C62H40N6SSi. The Kier molecular flexibility index (Phi) is 9.30. The molecule has 0 spiro atoms. The molecular weight excluding hydrogens is 889 g/mol. The molecule has 0 N–H and O–H groups in total. The molecule has 0 saturated carbocycles. The number of para-hydroxylation sites is 1. The number of hydrogen-bond donors (Lipinski definition) is 0. The van der Waals surface area contributed by atoms with Gasteiger partial charge in [0.25, 0.3) is 0 Å². The quantitative estimate of drug-likeness (QED) is 0.113. The molecule has 8 heteroatoms. The lowest BCUT2D eigenvalue weighted by Crippen LogP contribution is -2.75. The summed E-state index contributed by atoms with van der Waals surface area (Å²) in [7, 11) is -2.94. The molecule has 0 aliphatic heterocycles. The van der Waals surface area contributed by atoms with Gasteiger partial charge in [0.2, 0.25) is 14.0 Å². The first kappa shape index (κ1) is 40.3. The van der Waals surface area contributed by atoms with Gasteiger partial charge in [-0.25, -0.2) is 4.98 Å². The van der Waals surface area contributed by atoms with Crippen LogP contribution in [0.5, 0.6) is 0 Å². The van der Waals surface area contributed by atoms with E-state index in [1.807, 2.05) is 47.7 Å². The molecule has 5 aromatic heterocycles. The molecule has 9 aromatic carbocycles. The molecule has 5 heterocycles. The van der Waals surface area contributed by atoms with Crippen molar-refractivity contribution in [2.75, 3.05) is 0 Å². The van der Waals surface area contributed by atoms with E-state index in [1.165, 1.54) is 35.7 Å². The molecule has 0 aliphatic carbocycles.